The number of hydrogen-bond acceptors (Lipinski definition) is 1. The third-order valence-corrected chi connectivity index (χ3v) is 2.64. The molecule has 15 heavy (non-hydrogen) atoms. The first-order valence-electron chi connectivity index (χ1n) is 4.64. The van der Waals surface area contributed by atoms with E-state index in [0.717, 1.165) is 28.4 Å². The molecule has 0 atom stereocenters. The summed E-state index contributed by atoms with van der Waals surface area (Å²) in [5, 5.41) is 5.21. The molecule has 1 radical (unpaired) electrons. The predicted molar refractivity (Wildman–Crippen MR) is 66.8 cm³/mol. The molecule has 1 aromatic carbocycles. The van der Waals surface area contributed by atoms with E-state index in [0.29, 0.717) is 6.54 Å². The second-order valence-electron chi connectivity index (χ2n) is 3.38. The van der Waals surface area contributed by atoms with E-state index in [2.05, 4.69) is 5.32 Å². The van der Waals surface area contributed by atoms with Gasteiger partial charge in [0.15, 0.2) is 0 Å². The summed E-state index contributed by atoms with van der Waals surface area (Å²) in [5.41, 5.74) is 10.00. The van der Waals surface area contributed by atoms with E-state index in [4.69, 9.17) is 17.3 Å². The summed E-state index contributed by atoms with van der Waals surface area (Å²) >= 11 is 5.94. The first-order valence-corrected chi connectivity index (χ1v) is 5.01. The summed E-state index contributed by atoms with van der Waals surface area (Å²) in [6.07, 6.45) is 0.864. The maximum absolute atomic E-state index is 5.94. The highest BCUT2D eigenvalue weighted by Gasteiger charge is 2.19. The van der Waals surface area contributed by atoms with Gasteiger partial charge >= 0.3 is 0 Å². The Balaban J connectivity index is 0.00000112. The van der Waals surface area contributed by atoms with Crippen molar-refractivity contribution in [1.82, 2.24) is 5.32 Å². The maximum Gasteiger partial charge on any atom is 0.0709 e. The molecule has 81 valence electrons. The standard InChI is InChI=1S/C11H12ClN2.ClH/c1-7-9(4-5-13)10-6-8(12)2-3-11(10)14-7;/h2-3,6H,4-5,13H2,1H3;1H. The molecule has 1 aliphatic rings. The molecular weight excluding hydrogens is 231 g/mol. The number of allylic oxidation sites excluding steroid dienone is 1. The van der Waals surface area contributed by atoms with Crippen molar-refractivity contribution in [1.29, 1.82) is 0 Å². The maximum atomic E-state index is 5.94. The Labute approximate surface area is 101 Å². The van der Waals surface area contributed by atoms with Gasteiger partial charge in [0.1, 0.15) is 0 Å². The highest BCUT2D eigenvalue weighted by atomic mass is 35.5. The van der Waals surface area contributed by atoms with Gasteiger partial charge in [-0.25, -0.2) is 0 Å². The highest BCUT2D eigenvalue weighted by Crippen LogP contribution is 2.37. The Morgan fingerprint density at radius 2 is 2.13 bits per heavy atom. The molecule has 1 aromatic rings. The van der Waals surface area contributed by atoms with Gasteiger partial charge in [-0.3, -0.25) is 5.32 Å². The topological polar surface area (TPSA) is 40.1 Å². The van der Waals surface area contributed by atoms with E-state index < -0.39 is 0 Å². The van der Waals surface area contributed by atoms with Gasteiger partial charge in [-0.2, -0.15) is 0 Å². The number of nitrogens with zero attached hydrogens (tertiary/aromatic N) is 1. The normalized spacial score (nSPS) is 13.3. The molecule has 1 aliphatic heterocycles. The molecule has 2 nitrogen and oxygen atoms in total. The Kier molecular flexibility index (Phi) is 4.03. The number of hydrogen-bond donors (Lipinski definition) is 1. The van der Waals surface area contributed by atoms with E-state index in [1.807, 2.05) is 25.1 Å². The summed E-state index contributed by atoms with van der Waals surface area (Å²) in [4.78, 5) is 0. The van der Waals surface area contributed by atoms with E-state index >= 15 is 0 Å². The molecule has 0 aromatic heterocycles. The number of rotatable bonds is 2. The van der Waals surface area contributed by atoms with Gasteiger partial charge in [0, 0.05) is 16.3 Å². The fourth-order valence-electron chi connectivity index (χ4n) is 1.75. The van der Waals surface area contributed by atoms with Crippen LogP contribution in [-0.4, -0.2) is 6.54 Å². The Morgan fingerprint density at radius 1 is 1.40 bits per heavy atom. The van der Waals surface area contributed by atoms with Crippen LogP contribution in [0.25, 0.3) is 5.57 Å². The number of benzene rings is 1. The van der Waals surface area contributed by atoms with Gasteiger partial charge in [-0.1, -0.05) is 11.6 Å². The van der Waals surface area contributed by atoms with Crippen molar-refractivity contribution in [2.24, 2.45) is 5.73 Å². The average Bonchev–Trinajstić information content (AvgIpc) is 2.45. The fraction of sp³-hybridized carbons (Fsp3) is 0.273. The number of halogens is 2. The third kappa shape index (κ3) is 2.28. The molecule has 0 saturated carbocycles. The molecule has 0 fully saturated rings. The molecule has 2 N–H and O–H groups in total. The number of nitrogens with two attached hydrogens (primary N) is 1. The minimum absolute atomic E-state index is 0. The van der Waals surface area contributed by atoms with Crippen molar-refractivity contribution in [3.05, 3.63) is 34.5 Å². The Hall–Kier alpha value is -0.700. The van der Waals surface area contributed by atoms with Crippen LogP contribution in [0.1, 0.15) is 18.9 Å². The molecule has 4 heteroatoms. The Bertz CT molecular complexity index is 400. The first kappa shape index (κ1) is 12.4. The Morgan fingerprint density at radius 3 is 2.80 bits per heavy atom. The van der Waals surface area contributed by atoms with Crippen LogP contribution in [-0.2, 0) is 0 Å². The lowest BCUT2D eigenvalue weighted by Gasteiger charge is -2.02. The van der Waals surface area contributed by atoms with Gasteiger partial charge < -0.3 is 5.73 Å². The third-order valence-electron chi connectivity index (χ3n) is 2.40. The van der Waals surface area contributed by atoms with Crippen LogP contribution in [0.15, 0.2) is 23.9 Å². The number of fused-ring (bicyclic) bond motifs is 1. The fourth-order valence-corrected chi connectivity index (χ4v) is 1.92. The first-order chi connectivity index (χ1) is 6.72. The molecule has 0 unspecified atom stereocenters. The molecule has 0 saturated heterocycles. The lowest BCUT2D eigenvalue weighted by molar-refractivity contribution is 1.00. The summed E-state index contributed by atoms with van der Waals surface area (Å²) in [7, 11) is 0. The van der Waals surface area contributed by atoms with Crippen LogP contribution < -0.4 is 11.1 Å². The van der Waals surface area contributed by atoms with Gasteiger partial charge in [-0.15, -0.1) is 12.4 Å². The smallest absolute Gasteiger partial charge is 0.0709 e. The van der Waals surface area contributed by atoms with E-state index in [1.165, 1.54) is 5.57 Å². The van der Waals surface area contributed by atoms with Gasteiger partial charge in [0.2, 0.25) is 0 Å². The average molecular weight is 244 g/mol. The van der Waals surface area contributed by atoms with E-state index in [9.17, 15) is 0 Å². The van der Waals surface area contributed by atoms with E-state index in [1.54, 1.807) is 0 Å². The van der Waals surface area contributed by atoms with Crippen molar-refractivity contribution in [3.8, 4) is 0 Å². The van der Waals surface area contributed by atoms with Crippen molar-refractivity contribution in [2.75, 3.05) is 6.54 Å². The summed E-state index contributed by atoms with van der Waals surface area (Å²) in [6.45, 7) is 2.66. The van der Waals surface area contributed by atoms with Crippen molar-refractivity contribution in [2.45, 2.75) is 13.3 Å². The summed E-state index contributed by atoms with van der Waals surface area (Å²) in [6, 6.07) is 5.77. The summed E-state index contributed by atoms with van der Waals surface area (Å²) < 4.78 is 0. The molecule has 0 spiro atoms. The van der Waals surface area contributed by atoms with Crippen molar-refractivity contribution < 1.29 is 0 Å². The van der Waals surface area contributed by atoms with Crippen molar-refractivity contribution >= 4 is 35.3 Å². The monoisotopic (exact) mass is 243 g/mol. The zero-order chi connectivity index (χ0) is 10.1. The molecule has 0 aliphatic carbocycles. The molecule has 1 heterocycles. The van der Waals surface area contributed by atoms with Crippen molar-refractivity contribution in [3.63, 3.8) is 0 Å². The molecule has 0 bridgehead atoms. The van der Waals surface area contributed by atoms with Crippen LogP contribution in [0.4, 0.5) is 5.69 Å². The van der Waals surface area contributed by atoms with Crippen LogP contribution in [0, 0.1) is 0 Å². The quantitative estimate of drug-likeness (QED) is 0.853. The van der Waals surface area contributed by atoms with Crippen LogP contribution >= 0.6 is 24.0 Å². The highest BCUT2D eigenvalue weighted by molar-refractivity contribution is 6.30. The lowest BCUT2D eigenvalue weighted by atomic mass is 10.0. The molecule has 2 rings (SSSR count). The SMILES string of the molecule is CC1=C(CCN)c2cc(Cl)ccc2[N]1.Cl. The zero-order valence-electron chi connectivity index (χ0n) is 8.46. The van der Waals surface area contributed by atoms with Crippen LogP contribution in [0.3, 0.4) is 0 Å². The minimum atomic E-state index is 0. The molecule has 0 amide bonds. The summed E-state index contributed by atoms with van der Waals surface area (Å²) in [5.74, 6) is 0. The lowest BCUT2D eigenvalue weighted by Crippen LogP contribution is -1.99. The van der Waals surface area contributed by atoms with Gasteiger partial charge in [0.25, 0.3) is 0 Å². The zero-order valence-corrected chi connectivity index (χ0v) is 10.0. The second-order valence-corrected chi connectivity index (χ2v) is 3.81. The van der Waals surface area contributed by atoms with Gasteiger partial charge in [0.05, 0.1) is 5.69 Å². The largest absolute Gasteiger partial charge is 0.330 e. The minimum Gasteiger partial charge on any atom is -0.330 e. The second kappa shape index (κ2) is 4.88. The predicted octanol–water partition coefficient (Wildman–Crippen LogP) is 3.09. The van der Waals surface area contributed by atoms with Gasteiger partial charge in [-0.05, 0) is 43.7 Å². The van der Waals surface area contributed by atoms with Crippen LogP contribution in [0.5, 0.6) is 0 Å². The van der Waals surface area contributed by atoms with Crippen LogP contribution in [0.2, 0.25) is 5.02 Å². The van der Waals surface area contributed by atoms with E-state index in [-0.39, 0.29) is 12.4 Å². The molecular formula is C11H13Cl2N2.